The van der Waals surface area contributed by atoms with Gasteiger partial charge in [0.2, 0.25) is 0 Å². The van der Waals surface area contributed by atoms with Crippen LogP contribution in [0.4, 0.5) is 0 Å². The number of rotatable bonds is 2. The first-order valence-corrected chi connectivity index (χ1v) is 5.50. The Bertz CT molecular complexity index is 381. The predicted molar refractivity (Wildman–Crippen MR) is 63.5 cm³/mol. The van der Waals surface area contributed by atoms with Crippen molar-refractivity contribution in [1.29, 1.82) is 0 Å². The van der Waals surface area contributed by atoms with Gasteiger partial charge < -0.3 is 4.74 Å². The first kappa shape index (κ1) is 10.3. The molecule has 0 bridgehead atoms. The maximum atomic E-state index is 5.28. The molecule has 0 radical (unpaired) electrons. The molecule has 1 heteroatoms. The summed E-state index contributed by atoms with van der Waals surface area (Å²) >= 11 is 0. The molecule has 0 N–H and O–H groups in total. The third kappa shape index (κ3) is 1.67. The lowest BCUT2D eigenvalue weighted by atomic mass is 9.71. The van der Waals surface area contributed by atoms with Crippen LogP contribution in [0.15, 0.2) is 30.9 Å². The van der Waals surface area contributed by atoms with Gasteiger partial charge in [0.05, 0.1) is 7.11 Å². The summed E-state index contributed by atoms with van der Waals surface area (Å²) in [4.78, 5) is 0. The van der Waals surface area contributed by atoms with Gasteiger partial charge in [0.15, 0.2) is 0 Å². The second-order valence-electron chi connectivity index (χ2n) is 4.50. The van der Waals surface area contributed by atoms with Crippen LogP contribution in [0.1, 0.15) is 30.9 Å². The van der Waals surface area contributed by atoms with E-state index in [1.165, 1.54) is 30.4 Å². The molecular weight excluding hydrogens is 184 g/mol. The van der Waals surface area contributed by atoms with Crippen molar-refractivity contribution >= 4 is 0 Å². The summed E-state index contributed by atoms with van der Waals surface area (Å²) in [5.74, 6) is 0.948. The van der Waals surface area contributed by atoms with Gasteiger partial charge >= 0.3 is 0 Å². The quantitative estimate of drug-likeness (QED) is 0.667. The minimum absolute atomic E-state index is 0.127. The van der Waals surface area contributed by atoms with Gasteiger partial charge in [-0.05, 0) is 42.5 Å². The van der Waals surface area contributed by atoms with Crippen molar-refractivity contribution in [2.45, 2.75) is 31.6 Å². The average molecular weight is 202 g/mol. The highest BCUT2D eigenvalue weighted by Crippen LogP contribution is 2.39. The monoisotopic (exact) mass is 202 g/mol. The molecule has 1 aromatic rings. The minimum atomic E-state index is 0.127. The fourth-order valence-corrected chi connectivity index (χ4v) is 2.42. The number of benzene rings is 1. The molecular formula is C14H18O. The van der Waals surface area contributed by atoms with Crippen LogP contribution in [0.3, 0.4) is 0 Å². The van der Waals surface area contributed by atoms with Crippen molar-refractivity contribution in [3.8, 4) is 5.75 Å². The maximum Gasteiger partial charge on any atom is 0.119 e. The Labute approximate surface area is 91.8 Å². The summed E-state index contributed by atoms with van der Waals surface area (Å²) < 4.78 is 5.28. The summed E-state index contributed by atoms with van der Waals surface area (Å²) in [6, 6.07) is 6.40. The van der Waals surface area contributed by atoms with E-state index in [1.54, 1.807) is 7.11 Å². The molecule has 1 atom stereocenters. The van der Waals surface area contributed by atoms with E-state index in [2.05, 4.69) is 31.7 Å². The smallest absolute Gasteiger partial charge is 0.119 e. The normalized spacial score (nSPS) is 24.4. The van der Waals surface area contributed by atoms with Crippen LogP contribution in [-0.4, -0.2) is 7.11 Å². The van der Waals surface area contributed by atoms with E-state index in [0.29, 0.717) is 0 Å². The van der Waals surface area contributed by atoms with Crippen LogP contribution in [0, 0.1) is 0 Å². The van der Waals surface area contributed by atoms with Gasteiger partial charge in [-0.15, -0.1) is 6.58 Å². The van der Waals surface area contributed by atoms with Gasteiger partial charge in [0.1, 0.15) is 5.75 Å². The van der Waals surface area contributed by atoms with Crippen molar-refractivity contribution in [2.75, 3.05) is 7.11 Å². The van der Waals surface area contributed by atoms with E-state index in [4.69, 9.17) is 4.74 Å². The summed E-state index contributed by atoms with van der Waals surface area (Å²) in [7, 11) is 1.72. The number of ether oxygens (including phenoxy) is 1. The van der Waals surface area contributed by atoms with E-state index in [-0.39, 0.29) is 5.41 Å². The van der Waals surface area contributed by atoms with Crippen LogP contribution in [0.5, 0.6) is 5.75 Å². The molecule has 0 spiro atoms. The first-order valence-electron chi connectivity index (χ1n) is 5.50. The zero-order valence-electron chi connectivity index (χ0n) is 9.55. The van der Waals surface area contributed by atoms with Crippen molar-refractivity contribution < 1.29 is 4.74 Å². The highest BCUT2D eigenvalue weighted by Gasteiger charge is 2.29. The highest BCUT2D eigenvalue weighted by atomic mass is 16.5. The Morgan fingerprint density at radius 3 is 2.93 bits per heavy atom. The van der Waals surface area contributed by atoms with Gasteiger partial charge in [0, 0.05) is 5.41 Å². The second kappa shape index (κ2) is 3.73. The molecule has 2 rings (SSSR count). The van der Waals surface area contributed by atoms with Gasteiger partial charge in [-0.2, -0.15) is 0 Å². The summed E-state index contributed by atoms with van der Waals surface area (Å²) in [6.07, 6.45) is 5.70. The fourth-order valence-electron chi connectivity index (χ4n) is 2.42. The number of fused-ring (bicyclic) bond motifs is 1. The molecule has 0 saturated carbocycles. The second-order valence-corrected chi connectivity index (χ2v) is 4.50. The molecule has 80 valence electrons. The molecule has 0 saturated heterocycles. The molecule has 0 aromatic heterocycles. The van der Waals surface area contributed by atoms with Gasteiger partial charge in [-0.25, -0.2) is 0 Å². The summed E-state index contributed by atoms with van der Waals surface area (Å²) in [5.41, 5.74) is 2.97. The number of hydrogen-bond donors (Lipinski definition) is 0. The zero-order valence-corrected chi connectivity index (χ0v) is 9.55. The molecule has 0 aliphatic heterocycles. The maximum absolute atomic E-state index is 5.28. The predicted octanol–water partition coefficient (Wildman–Crippen LogP) is 3.48. The summed E-state index contributed by atoms with van der Waals surface area (Å²) in [6.45, 7) is 6.23. The molecule has 0 heterocycles. The lowest BCUT2D eigenvalue weighted by Gasteiger charge is -2.33. The van der Waals surface area contributed by atoms with Gasteiger partial charge in [-0.1, -0.05) is 19.1 Å². The molecule has 1 aromatic carbocycles. The van der Waals surface area contributed by atoms with Crippen molar-refractivity contribution in [3.63, 3.8) is 0 Å². The van der Waals surface area contributed by atoms with E-state index in [0.717, 1.165) is 5.75 Å². The molecule has 1 aliphatic rings. The van der Waals surface area contributed by atoms with Crippen molar-refractivity contribution in [1.82, 2.24) is 0 Å². The number of aryl methyl sites for hydroxylation is 1. The zero-order chi connectivity index (χ0) is 10.9. The van der Waals surface area contributed by atoms with E-state index in [1.807, 2.05) is 6.07 Å². The lowest BCUT2D eigenvalue weighted by Crippen LogP contribution is -2.24. The average Bonchev–Trinajstić information content (AvgIpc) is 2.29. The number of allylic oxidation sites excluding steroid dienone is 1. The molecule has 0 unspecified atom stereocenters. The van der Waals surface area contributed by atoms with E-state index < -0.39 is 0 Å². The number of methoxy groups -OCH3 is 1. The molecule has 1 nitrogen and oxygen atoms in total. The molecule has 15 heavy (non-hydrogen) atoms. The van der Waals surface area contributed by atoms with Gasteiger partial charge in [0.25, 0.3) is 0 Å². The van der Waals surface area contributed by atoms with E-state index in [9.17, 15) is 0 Å². The topological polar surface area (TPSA) is 9.23 Å². The lowest BCUT2D eigenvalue weighted by molar-refractivity contribution is 0.409. The van der Waals surface area contributed by atoms with Gasteiger partial charge in [-0.3, -0.25) is 0 Å². The number of hydrogen-bond acceptors (Lipinski definition) is 1. The fraction of sp³-hybridized carbons (Fsp3) is 0.429. The largest absolute Gasteiger partial charge is 0.497 e. The van der Waals surface area contributed by atoms with Crippen LogP contribution in [-0.2, 0) is 11.8 Å². The van der Waals surface area contributed by atoms with Crippen LogP contribution >= 0.6 is 0 Å². The summed E-state index contributed by atoms with van der Waals surface area (Å²) in [5, 5.41) is 0. The molecule has 0 amide bonds. The Hall–Kier alpha value is -1.24. The van der Waals surface area contributed by atoms with Crippen LogP contribution < -0.4 is 4.74 Å². The Morgan fingerprint density at radius 1 is 1.47 bits per heavy atom. The third-order valence-electron chi connectivity index (χ3n) is 3.53. The Kier molecular flexibility index (Phi) is 2.56. The Morgan fingerprint density at radius 2 is 2.27 bits per heavy atom. The molecule has 1 aliphatic carbocycles. The standard InChI is InChI=1S/C14H18O/c1-4-14(2)9-5-6-11-7-8-12(15-3)10-13(11)14/h4,7-8,10H,1,5-6,9H2,2-3H3/t14-/m1/s1. The SMILES string of the molecule is C=C[C@]1(C)CCCc2ccc(OC)cc21. The minimum Gasteiger partial charge on any atom is -0.497 e. The molecule has 0 fully saturated rings. The van der Waals surface area contributed by atoms with Crippen molar-refractivity contribution in [2.24, 2.45) is 0 Å². The van der Waals surface area contributed by atoms with E-state index >= 15 is 0 Å². The Balaban J connectivity index is 2.53. The van der Waals surface area contributed by atoms with Crippen LogP contribution in [0.25, 0.3) is 0 Å². The van der Waals surface area contributed by atoms with Crippen LogP contribution in [0.2, 0.25) is 0 Å². The third-order valence-corrected chi connectivity index (χ3v) is 3.53. The highest BCUT2D eigenvalue weighted by molar-refractivity contribution is 5.44. The van der Waals surface area contributed by atoms with Crippen molar-refractivity contribution in [3.05, 3.63) is 42.0 Å². The first-order chi connectivity index (χ1) is 7.19.